The molecular formula is C17H25NO2. The lowest BCUT2D eigenvalue weighted by Crippen LogP contribution is -2.27. The molecular weight excluding hydrogens is 250 g/mol. The lowest BCUT2D eigenvalue weighted by Gasteiger charge is -2.33. The highest BCUT2D eigenvalue weighted by Gasteiger charge is 2.29. The van der Waals surface area contributed by atoms with Crippen LogP contribution in [-0.2, 0) is 6.42 Å². The van der Waals surface area contributed by atoms with Crippen LogP contribution in [-0.4, -0.2) is 31.9 Å². The van der Waals surface area contributed by atoms with E-state index < -0.39 is 0 Å². The first-order valence-corrected chi connectivity index (χ1v) is 7.49. The van der Waals surface area contributed by atoms with E-state index in [1.165, 1.54) is 11.1 Å². The third-order valence-corrected chi connectivity index (χ3v) is 4.17. The van der Waals surface area contributed by atoms with Gasteiger partial charge in [0.25, 0.3) is 0 Å². The SMILES string of the molecule is CCCC(=O)c1ccc(OC)c2c1C(N(C)C)CCC2. The minimum absolute atomic E-state index is 0.264. The molecule has 1 aliphatic rings. The Balaban J connectivity index is 2.56. The summed E-state index contributed by atoms with van der Waals surface area (Å²) < 4.78 is 5.51. The second kappa shape index (κ2) is 6.40. The Morgan fingerprint density at radius 1 is 1.40 bits per heavy atom. The molecule has 3 nitrogen and oxygen atoms in total. The molecule has 1 unspecified atom stereocenters. The first-order valence-electron chi connectivity index (χ1n) is 7.49. The van der Waals surface area contributed by atoms with E-state index in [9.17, 15) is 4.79 Å². The molecule has 0 radical (unpaired) electrons. The van der Waals surface area contributed by atoms with Crippen LogP contribution in [0.2, 0.25) is 0 Å². The number of methoxy groups -OCH3 is 1. The molecule has 0 heterocycles. The topological polar surface area (TPSA) is 29.5 Å². The van der Waals surface area contributed by atoms with Gasteiger partial charge >= 0.3 is 0 Å². The minimum Gasteiger partial charge on any atom is -0.496 e. The third-order valence-electron chi connectivity index (χ3n) is 4.17. The molecule has 0 fully saturated rings. The summed E-state index contributed by atoms with van der Waals surface area (Å²) in [6.07, 6.45) is 4.79. The molecule has 0 amide bonds. The maximum Gasteiger partial charge on any atom is 0.163 e. The number of fused-ring (bicyclic) bond motifs is 1. The summed E-state index contributed by atoms with van der Waals surface area (Å²) in [6, 6.07) is 4.24. The average Bonchev–Trinajstić information content (AvgIpc) is 2.45. The largest absolute Gasteiger partial charge is 0.496 e. The van der Waals surface area contributed by atoms with Crippen LogP contribution in [0.1, 0.15) is 60.1 Å². The van der Waals surface area contributed by atoms with E-state index in [1.54, 1.807) is 7.11 Å². The van der Waals surface area contributed by atoms with Gasteiger partial charge in [-0.2, -0.15) is 0 Å². The lowest BCUT2D eigenvalue weighted by atomic mass is 9.82. The maximum absolute atomic E-state index is 12.4. The molecule has 0 aliphatic heterocycles. The number of benzene rings is 1. The predicted molar refractivity (Wildman–Crippen MR) is 81.6 cm³/mol. The van der Waals surface area contributed by atoms with Crippen molar-refractivity contribution in [2.24, 2.45) is 0 Å². The molecule has 20 heavy (non-hydrogen) atoms. The van der Waals surface area contributed by atoms with Gasteiger partial charge in [-0.3, -0.25) is 4.79 Å². The first kappa shape index (κ1) is 15.0. The second-order valence-corrected chi connectivity index (χ2v) is 5.75. The number of ketones is 1. The van der Waals surface area contributed by atoms with Gasteiger partial charge in [-0.05, 0) is 63.0 Å². The maximum atomic E-state index is 12.4. The standard InChI is InChI=1S/C17H25NO2/c1-5-7-15(19)12-10-11-16(20-4)13-8-6-9-14(17(12)13)18(2)3/h10-11,14H,5-9H2,1-4H3. The average molecular weight is 275 g/mol. The van der Waals surface area contributed by atoms with Gasteiger partial charge in [-0.1, -0.05) is 6.92 Å². The Labute approximate surface area is 121 Å². The van der Waals surface area contributed by atoms with Crippen LogP contribution in [0.4, 0.5) is 0 Å². The van der Waals surface area contributed by atoms with E-state index in [4.69, 9.17) is 4.74 Å². The summed E-state index contributed by atoms with van der Waals surface area (Å²) in [4.78, 5) is 14.6. The van der Waals surface area contributed by atoms with Crippen LogP contribution in [0.25, 0.3) is 0 Å². The summed E-state index contributed by atoms with van der Waals surface area (Å²) in [5, 5.41) is 0. The van der Waals surface area contributed by atoms with Crippen molar-refractivity contribution in [1.29, 1.82) is 0 Å². The van der Waals surface area contributed by atoms with Crippen molar-refractivity contribution in [3.8, 4) is 5.75 Å². The van der Waals surface area contributed by atoms with Gasteiger partial charge < -0.3 is 9.64 Å². The fourth-order valence-electron chi connectivity index (χ4n) is 3.21. The van der Waals surface area contributed by atoms with Crippen molar-refractivity contribution in [3.05, 3.63) is 28.8 Å². The Kier molecular flexibility index (Phi) is 4.81. The van der Waals surface area contributed by atoms with Crippen molar-refractivity contribution >= 4 is 5.78 Å². The molecule has 1 aliphatic carbocycles. The highest BCUT2D eigenvalue weighted by Crippen LogP contribution is 2.40. The van der Waals surface area contributed by atoms with E-state index in [1.807, 2.05) is 12.1 Å². The molecule has 0 N–H and O–H groups in total. The zero-order valence-electron chi connectivity index (χ0n) is 13.0. The Hall–Kier alpha value is -1.35. The fourth-order valence-corrected chi connectivity index (χ4v) is 3.21. The van der Waals surface area contributed by atoms with Crippen molar-refractivity contribution in [1.82, 2.24) is 4.90 Å². The molecule has 3 heteroatoms. The van der Waals surface area contributed by atoms with Crippen LogP contribution in [0, 0.1) is 0 Å². The molecule has 1 atom stereocenters. The smallest absolute Gasteiger partial charge is 0.163 e. The monoisotopic (exact) mass is 275 g/mol. The molecule has 0 saturated carbocycles. The van der Waals surface area contributed by atoms with E-state index in [0.29, 0.717) is 12.5 Å². The molecule has 0 saturated heterocycles. The predicted octanol–water partition coefficient (Wildman–Crippen LogP) is 3.62. The molecule has 0 spiro atoms. The highest BCUT2D eigenvalue weighted by molar-refractivity contribution is 5.98. The minimum atomic E-state index is 0.264. The summed E-state index contributed by atoms with van der Waals surface area (Å²) in [5.41, 5.74) is 3.35. The Morgan fingerprint density at radius 3 is 2.75 bits per heavy atom. The van der Waals surface area contributed by atoms with Gasteiger partial charge in [0.05, 0.1) is 7.11 Å². The van der Waals surface area contributed by atoms with Crippen LogP contribution < -0.4 is 4.74 Å². The number of nitrogens with zero attached hydrogens (tertiary/aromatic N) is 1. The quantitative estimate of drug-likeness (QED) is 0.769. The highest BCUT2D eigenvalue weighted by atomic mass is 16.5. The summed E-state index contributed by atoms with van der Waals surface area (Å²) in [7, 11) is 5.89. The lowest BCUT2D eigenvalue weighted by molar-refractivity contribution is 0.0978. The number of rotatable bonds is 5. The van der Waals surface area contributed by atoms with Crippen molar-refractivity contribution in [2.75, 3.05) is 21.2 Å². The Bertz CT molecular complexity index is 494. The van der Waals surface area contributed by atoms with Gasteiger partial charge in [-0.25, -0.2) is 0 Å². The number of hydrogen-bond donors (Lipinski definition) is 0. The van der Waals surface area contributed by atoms with Crippen LogP contribution in [0.15, 0.2) is 12.1 Å². The van der Waals surface area contributed by atoms with Crippen molar-refractivity contribution in [2.45, 2.75) is 45.1 Å². The second-order valence-electron chi connectivity index (χ2n) is 5.75. The van der Waals surface area contributed by atoms with Crippen molar-refractivity contribution in [3.63, 3.8) is 0 Å². The van der Waals surface area contributed by atoms with Gasteiger partial charge in [0.2, 0.25) is 0 Å². The summed E-state index contributed by atoms with van der Waals surface area (Å²) in [6.45, 7) is 2.05. The van der Waals surface area contributed by atoms with Crippen LogP contribution in [0.3, 0.4) is 0 Å². The molecule has 2 rings (SSSR count). The van der Waals surface area contributed by atoms with E-state index in [-0.39, 0.29) is 5.78 Å². The van der Waals surface area contributed by atoms with Crippen LogP contribution in [0.5, 0.6) is 5.75 Å². The number of carbonyl (C=O) groups excluding carboxylic acids is 1. The normalized spacial score (nSPS) is 17.9. The Morgan fingerprint density at radius 2 is 2.15 bits per heavy atom. The van der Waals surface area contributed by atoms with Gasteiger partial charge in [0, 0.05) is 18.0 Å². The molecule has 0 aromatic heterocycles. The first-order chi connectivity index (χ1) is 9.60. The zero-order valence-corrected chi connectivity index (χ0v) is 13.0. The van der Waals surface area contributed by atoms with Gasteiger partial charge in [0.15, 0.2) is 5.78 Å². The fraction of sp³-hybridized carbons (Fsp3) is 0.588. The molecule has 1 aromatic rings. The zero-order chi connectivity index (χ0) is 14.7. The summed E-state index contributed by atoms with van der Waals surface area (Å²) in [5.74, 6) is 1.19. The number of ether oxygens (including phenoxy) is 1. The van der Waals surface area contributed by atoms with Gasteiger partial charge in [-0.15, -0.1) is 0 Å². The summed E-state index contributed by atoms with van der Waals surface area (Å²) >= 11 is 0. The van der Waals surface area contributed by atoms with Crippen LogP contribution >= 0.6 is 0 Å². The third kappa shape index (κ3) is 2.73. The molecule has 110 valence electrons. The van der Waals surface area contributed by atoms with E-state index >= 15 is 0 Å². The number of Topliss-reactive ketones (excluding diaryl/α,β-unsaturated/α-hetero) is 1. The van der Waals surface area contributed by atoms with Gasteiger partial charge in [0.1, 0.15) is 5.75 Å². The number of hydrogen-bond acceptors (Lipinski definition) is 3. The molecule has 0 bridgehead atoms. The van der Waals surface area contributed by atoms with E-state index in [0.717, 1.165) is 37.0 Å². The van der Waals surface area contributed by atoms with Crippen molar-refractivity contribution < 1.29 is 9.53 Å². The number of carbonyl (C=O) groups is 1. The van der Waals surface area contributed by atoms with E-state index in [2.05, 4.69) is 25.9 Å². The molecule has 1 aromatic carbocycles.